The number of hydrogen-bond acceptors (Lipinski definition) is 3. The molecule has 78 valence electrons. The van der Waals surface area contributed by atoms with E-state index in [4.69, 9.17) is 9.05 Å². The Bertz CT molecular complexity index is 211. The van der Waals surface area contributed by atoms with Crippen LogP contribution in [0.3, 0.4) is 0 Å². The van der Waals surface area contributed by atoms with Gasteiger partial charge in [0, 0.05) is 0 Å². The first-order chi connectivity index (χ1) is 5.78. The lowest BCUT2D eigenvalue weighted by Gasteiger charge is -2.21. The molecule has 0 aromatic rings. The largest absolute Gasteiger partial charge is 0.368 e. The van der Waals surface area contributed by atoms with Crippen molar-refractivity contribution < 1.29 is 13.6 Å². The monoisotopic (exact) mass is 270 g/mol. The summed E-state index contributed by atoms with van der Waals surface area (Å²) in [5.41, 5.74) is 0. The summed E-state index contributed by atoms with van der Waals surface area (Å²) in [5, 5.41) is 0. The van der Waals surface area contributed by atoms with E-state index in [1.807, 2.05) is 0 Å². The Labute approximate surface area is 88.2 Å². The van der Waals surface area contributed by atoms with Gasteiger partial charge in [-0.2, -0.15) is 0 Å². The average Bonchev–Trinajstić information content (AvgIpc) is 1.82. The molecule has 0 aliphatic rings. The maximum Gasteiger partial charge on any atom is 0.368 e. The zero-order valence-corrected chi connectivity index (χ0v) is 10.9. The maximum absolute atomic E-state index is 11.9. The van der Waals surface area contributed by atoms with Gasteiger partial charge in [0.15, 0.2) is 0 Å². The van der Waals surface area contributed by atoms with Crippen LogP contribution in [0.15, 0.2) is 10.8 Å². The normalized spacial score (nSPS) is 12.5. The summed E-state index contributed by atoms with van der Waals surface area (Å²) in [5.74, 6) is 0. The third-order valence-corrected chi connectivity index (χ3v) is 4.29. The predicted molar refractivity (Wildman–Crippen MR) is 58.1 cm³/mol. The van der Waals surface area contributed by atoms with Gasteiger partial charge in [0.1, 0.15) is 0 Å². The van der Waals surface area contributed by atoms with Crippen LogP contribution in [-0.4, -0.2) is 12.2 Å². The highest BCUT2D eigenvalue weighted by molar-refractivity contribution is 9.13. The van der Waals surface area contributed by atoms with Crippen molar-refractivity contribution in [2.45, 2.75) is 39.9 Å². The molecule has 0 bridgehead atoms. The molecule has 0 saturated carbocycles. The molecule has 0 saturated heterocycles. The second kappa shape index (κ2) is 5.30. The number of hydrogen-bond donors (Lipinski definition) is 0. The lowest BCUT2D eigenvalue weighted by Crippen LogP contribution is -2.07. The van der Waals surface area contributed by atoms with Gasteiger partial charge in [-0.3, -0.25) is 4.57 Å². The van der Waals surface area contributed by atoms with Crippen LogP contribution in [0.4, 0.5) is 0 Å². The topological polar surface area (TPSA) is 35.5 Å². The SMILES string of the molecule is C=C(Br)P(=O)(OC(C)C)OC(C)C. The van der Waals surface area contributed by atoms with E-state index in [0.29, 0.717) is 0 Å². The summed E-state index contributed by atoms with van der Waals surface area (Å²) in [4.78, 5) is 0. The molecule has 0 heterocycles. The second-order valence-corrected chi connectivity index (χ2v) is 6.71. The molecule has 0 radical (unpaired) electrons. The van der Waals surface area contributed by atoms with Gasteiger partial charge in [0.2, 0.25) is 0 Å². The summed E-state index contributed by atoms with van der Waals surface area (Å²) < 4.78 is 22.6. The Kier molecular flexibility index (Phi) is 5.45. The molecular weight excluding hydrogens is 255 g/mol. The molecule has 0 aromatic carbocycles. The molecule has 3 nitrogen and oxygen atoms in total. The Morgan fingerprint density at radius 3 is 1.69 bits per heavy atom. The summed E-state index contributed by atoms with van der Waals surface area (Å²) >= 11 is 3.05. The summed E-state index contributed by atoms with van der Waals surface area (Å²) in [6.07, 6.45) is -0.308. The highest BCUT2D eigenvalue weighted by Gasteiger charge is 2.29. The van der Waals surface area contributed by atoms with Crippen LogP contribution in [-0.2, 0) is 13.6 Å². The molecule has 0 spiro atoms. The molecule has 0 aliphatic carbocycles. The highest BCUT2D eigenvalue weighted by atomic mass is 79.9. The van der Waals surface area contributed by atoms with E-state index in [1.165, 1.54) is 0 Å². The smallest absolute Gasteiger partial charge is 0.302 e. The van der Waals surface area contributed by atoms with Crippen molar-refractivity contribution in [2.75, 3.05) is 0 Å². The minimum Gasteiger partial charge on any atom is -0.302 e. The molecule has 0 aliphatic heterocycles. The van der Waals surface area contributed by atoms with Gasteiger partial charge < -0.3 is 9.05 Å². The van der Waals surface area contributed by atoms with E-state index in [0.717, 1.165) is 0 Å². The van der Waals surface area contributed by atoms with Crippen LogP contribution in [0, 0.1) is 0 Å². The van der Waals surface area contributed by atoms with Crippen molar-refractivity contribution in [3.8, 4) is 0 Å². The van der Waals surface area contributed by atoms with Crippen LogP contribution in [0.25, 0.3) is 0 Å². The minimum absolute atomic E-state index is 0.154. The molecular formula is C8H16BrO3P. The lowest BCUT2D eigenvalue weighted by molar-refractivity contribution is 0.149. The molecule has 0 amide bonds. The van der Waals surface area contributed by atoms with Crippen molar-refractivity contribution in [3.63, 3.8) is 0 Å². The van der Waals surface area contributed by atoms with Crippen molar-refractivity contribution >= 4 is 23.5 Å². The number of halogens is 1. The molecule has 0 atom stereocenters. The van der Waals surface area contributed by atoms with Crippen molar-refractivity contribution in [3.05, 3.63) is 10.8 Å². The summed E-state index contributed by atoms with van der Waals surface area (Å²) in [7, 11) is -3.18. The third kappa shape index (κ3) is 4.96. The van der Waals surface area contributed by atoms with Gasteiger partial charge >= 0.3 is 7.60 Å². The van der Waals surface area contributed by atoms with E-state index in [9.17, 15) is 4.57 Å². The van der Waals surface area contributed by atoms with Crippen LogP contribution >= 0.6 is 23.5 Å². The van der Waals surface area contributed by atoms with Crippen LogP contribution < -0.4 is 0 Å². The molecule has 0 unspecified atom stereocenters. The highest BCUT2D eigenvalue weighted by Crippen LogP contribution is 2.59. The van der Waals surface area contributed by atoms with Crippen molar-refractivity contribution in [1.29, 1.82) is 0 Å². The van der Waals surface area contributed by atoms with Crippen LogP contribution in [0.1, 0.15) is 27.7 Å². The van der Waals surface area contributed by atoms with Gasteiger partial charge in [0.25, 0.3) is 0 Å². The third-order valence-electron chi connectivity index (χ3n) is 0.996. The van der Waals surface area contributed by atoms with Crippen molar-refractivity contribution in [1.82, 2.24) is 0 Å². The minimum atomic E-state index is -3.18. The average molecular weight is 271 g/mol. The second-order valence-electron chi connectivity index (χ2n) is 3.18. The van der Waals surface area contributed by atoms with E-state index >= 15 is 0 Å². The Morgan fingerprint density at radius 2 is 1.54 bits per heavy atom. The molecule has 13 heavy (non-hydrogen) atoms. The van der Waals surface area contributed by atoms with Gasteiger partial charge in [-0.1, -0.05) is 6.58 Å². The Morgan fingerprint density at radius 1 is 1.23 bits per heavy atom. The zero-order valence-electron chi connectivity index (χ0n) is 8.41. The molecule has 0 rings (SSSR count). The summed E-state index contributed by atoms with van der Waals surface area (Å²) in [6, 6.07) is 0. The first kappa shape index (κ1) is 13.4. The Hall–Kier alpha value is 0.370. The lowest BCUT2D eigenvalue weighted by atomic mass is 10.5. The fourth-order valence-electron chi connectivity index (χ4n) is 0.694. The molecule has 0 fully saturated rings. The summed E-state index contributed by atoms with van der Waals surface area (Å²) in [6.45, 7) is 10.7. The number of rotatable bonds is 5. The molecule has 0 aromatic heterocycles. The van der Waals surface area contributed by atoms with E-state index in [1.54, 1.807) is 27.7 Å². The first-order valence-electron chi connectivity index (χ1n) is 4.09. The van der Waals surface area contributed by atoms with Gasteiger partial charge in [0.05, 0.1) is 16.4 Å². The van der Waals surface area contributed by atoms with Gasteiger partial charge in [-0.05, 0) is 43.6 Å². The van der Waals surface area contributed by atoms with E-state index < -0.39 is 7.60 Å². The Balaban J connectivity index is 4.54. The van der Waals surface area contributed by atoms with Crippen molar-refractivity contribution in [2.24, 2.45) is 0 Å². The maximum atomic E-state index is 11.9. The quantitative estimate of drug-likeness (QED) is 0.711. The first-order valence-corrected chi connectivity index (χ1v) is 6.43. The molecule has 5 heteroatoms. The van der Waals surface area contributed by atoms with Crippen LogP contribution in [0.5, 0.6) is 0 Å². The standard InChI is InChI=1S/C8H16BrO3P/c1-6(2)11-13(10,8(5)9)12-7(3)4/h6-7H,5H2,1-4H3. The molecule has 0 N–H and O–H groups in total. The van der Waals surface area contributed by atoms with E-state index in [-0.39, 0.29) is 16.4 Å². The van der Waals surface area contributed by atoms with Crippen LogP contribution in [0.2, 0.25) is 0 Å². The fourth-order valence-corrected chi connectivity index (χ4v) is 2.58. The van der Waals surface area contributed by atoms with Gasteiger partial charge in [-0.15, -0.1) is 0 Å². The fraction of sp³-hybridized carbons (Fsp3) is 0.750. The predicted octanol–water partition coefficient (Wildman–Crippen LogP) is 3.90. The van der Waals surface area contributed by atoms with Gasteiger partial charge in [-0.25, -0.2) is 0 Å². The van der Waals surface area contributed by atoms with E-state index in [2.05, 4.69) is 22.5 Å². The zero-order chi connectivity index (χ0) is 10.6.